The lowest BCUT2D eigenvalue weighted by Gasteiger charge is -2.23. The van der Waals surface area contributed by atoms with E-state index in [2.05, 4.69) is 27.9 Å². The van der Waals surface area contributed by atoms with Crippen molar-refractivity contribution < 1.29 is 14.3 Å². The highest BCUT2D eigenvalue weighted by Gasteiger charge is 2.27. The maximum Gasteiger partial charge on any atom is 0.227 e. The maximum atomic E-state index is 12.2. The molecular formula is C22H38N4O3. The fraction of sp³-hybridized carbons (Fsp3) is 0.636. The number of hydrogen-bond donors (Lipinski definition) is 3. The van der Waals surface area contributed by atoms with Gasteiger partial charge in [-0.05, 0) is 66.2 Å². The monoisotopic (exact) mass is 406 g/mol. The first-order valence-electron chi connectivity index (χ1n) is 10.5. The van der Waals surface area contributed by atoms with Gasteiger partial charge in [-0.1, -0.05) is 6.07 Å². The summed E-state index contributed by atoms with van der Waals surface area (Å²) in [6, 6.07) is 5.95. The Labute approximate surface area is 175 Å². The molecule has 7 nitrogen and oxygen atoms in total. The molecule has 1 unspecified atom stereocenters. The standard InChI is InChI=1S/C22H38N4O3/c1-8-23-20(27)22(6,7)15-25-21(24-9-2)26-16(5)17-12-13-18(28-10-3)19(14-17)29-11-4/h12-14,16H,8-11,15H2,1-7H3,(H,23,27)(H2,24,25,26). The number of hydrogen-bond acceptors (Lipinski definition) is 4. The van der Waals surface area contributed by atoms with Gasteiger partial charge in [-0.2, -0.15) is 0 Å². The minimum Gasteiger partial charge on any atom is -0.490 e. The molecule has 0 aliphatic carbocycles. The summed E-state index contributed by atoms with van der Waals surface area (Å²) in [6.07, 6.45) is 0. The van der Waals surface area contributed by atoms with Gasteiger partial charge < -0.3 is 25.4 Å². The molecule has 1 amide bonds. The topological polar surface area (TPSA) is 84.0 Å². The second-order valence-corrected chi connectivity index (χ2v) is 7.38. The number of carbonyl (C=O) groups is 1. The lowest BCUT2D eigenvalue weighted by Crippen LogP contribution is -2.42. The van der Waals surface area contributed by atoms with Crippen LogP contribution in [-0.4, -0.2) is 44.7 Å². The minimum atomic E-state index is -0.580. The minimum absolute atomic E-state index is 0.000478. The van der Waals surface area contributed by atoms with E-state index in [9.17, 15) is 4.79 Å². The van der Waals surface area contributed by atoms with Crippen LogP contribution in [0.4, 0.5) is 0 Å². The van der Waals surface area contributed by atoms with Crippen LogP contribution in [0.1, 0.15) is 60.1 Å². The third-order valence-corrected chi connectivity index (χ3v) is 4.35. The Morgan fingerprint density at radius 1 is 1.03 bits per heavy atom. The van der Waals surface area contributed by atoms with Gasteiger partial charge in [0.1, 0.15) is 0 Å². The van der Waals surface area contributed by atoms with Gasteiger partial charge >= 0.3 is 0 Å². The quantitative estimate of drug-likeness (QED) is 0.388. The molecule has 0 radical (unpaired) electrons. The molecule has 0 aliphatic rings. The molecule has 0 aromatic heterocycles. The molecule has 7 heteroatoms. The Bertz CT molecular complexity index is 674. The average Bonchev–Trinajstić information content (AvgIpc) is 2.68. The van der Waals surface area contributed by atoms with Gasteiger partial charge in [0.2, 0.25) is 5.91 Å². The zero-order chi connectivity index (χ0) is 21.9. The zero-order valence-electron chi connectivity index (χ0n) is 19.0. The fourth-order valence-corrected chi connectivity index (χ4v) is 2.69. The molecular weight excluding hydrogens is 368 g/mol. The predicted molar refractivity (Wildman–Crippen MR) is 119 cm³/mol. The summed E-state index contributed by atoms with van der Waals surface area (Å²) < 4.78 is 11.4. The first-order valence-corrected chi connectivity index (χ1v) is 10.5. The Morgan fingerprint density at radius 2 is 1.66 bits per heavy atom. The molecule has 29 heavy (non-hydrogen) atoms. The van der Waals surface area contributed by atoms with Crippen LogP contribution in [0, 0.1) is 5.41 Å². The van der Waals surface area contributed by atoms with Gasteiger partial charge in [0.15, 0.2) is 17.5 Å². The highest BCUT2D eigenvalue weighted by atomic mass is 16.5. The summed E-state index contributed by atoms with van der Waals surface area (Å²) >= 11 is 0. The van der Waals surface area contributed by atoms with Crippen molar-refractivity contribution in [1.82, 2.24) is 16.0 Å². The van der Waals surface area contributed by atoms with Gasteiger partial charge in [-0.25, -0.2) is 0 Å². The zero-order valence-corrected chi connectivity index (χ0v) is 19.0. The van der Waals surface area contributed by atoms with Crippen molar-refractivity contribution in [3.63, 3.8) is 0 Å². The number of nitrogens with one attached hydrogen (secondary N) is 3. The molecule has 1 aromatic rings. The summed E-state index contributed by atoms with van der Waals surface area (Å²) in [5.74, 6) is 2.15. The number of nitrogens with zero attached hydrogens (tertiary/aromatic N) is 1. The van der Waals surface area contributed by atoms with Crippen LogP contribution in [-0.2, 0) is 4.79 Å². The average molecular weight is 407 g/mol. The smallest absolute Gasteiger partial charge is 0.227 e. The van der Waals surface area contributed by atoms with Crippen LogP contribution in [0.25, 0.3) is 0 Å². The van der Waals surface area contributed by atoms with E-state index in [-0.39, 0.29) is 11.9 Å². The Kier molecular flexibility index (Phi) is 10.3. The highest BCUT2D eigenvalue weighted by Crippen LogP contribution is 2.30. The van der Waals surface area contributed by atoms with E-state index in [1.165, 1.54) is 0 Å². The highest BCUT2D eigenvalue weighted by molar-refractivity contribution is 5.83. The summed E-state index contributed by atoms with van der Waals surface area (Å²) in [5, 5.41) is 9.53. The molecule has 1 aromatic carbocycles. The van der Waals surface area contributed by atoms with Crippen LogP contribution in [0.3, 0.4) is 0 Å². The van der Waals surface area contributed by atoms with Crippen molar-refractivity contribution in [2.24, 2.45) is 10.4 Å². The first kappa shape index (κ1) is 24.6. The van der Waals surface area contributed by atoms with E-state index in [0.29, 0.717) is 32.3 Å². The number of aliphatic imine (C=N–C) groups is 1. The van der Waals surface area contributed by atoms with Crippen molar-refractivity contribution >= 4 is 11.9 Å². The van der Waals surface area contributed by atoms with Crippen molar-refractivity contribution in [2.75, 3.05) is 32.8 Å². The van der Waals surface area contributed by atoms with Crippen molar-refractivity contribution in [1.29, 1.82) is 0 Å². The molecule has 164 valence electrons. The molecule has 1 atom stereocenters. The number of benzene rings is 1. The maximum absolute atomic E-state index is 12.2. The summed E-state index contributed by atoms with van der Waals surface area (Å²) in [5.41, 5.74) is 0.480. The van der Waals surface area contributed by atoms with Gasteiger partial charge in [0, 0.05) is 13.1 Å². The third-order valence-electron chi connectivity index (χ3n) is 4.35. The molecule has 0 aliphatic heterocycles. The molecule has 3 N–H and O–H groups in total. The Balaban J connectivity index is 2.95. The lowest BCUT2D eigenvalue weighted by molar-refractivity contribution is -0.128. The van der Waals surface area contributed by atoms with E-state index >= 15 is 0 Å². The summed E-state index contributed by atoms with van der Waals surface area (Å²) in [6.45, 7) is 16.6. The summed E-state index contributed by atoms with van der Waals surface area (Å²) in [4.78, 5) is 16.9. The van der Waals surface area contributed by atoms with Crippen LogP contribution in [0.5, 0.6) is 11.5 Å². The van der Waals surface area contributed by atoms with E-state index in [0.717, 1.165) is 23.6 Å². The third kappa shape index (κ3) is 7.83. The molecule has 0 spiro atoms. The molecule has 0 heterocycles. The lowest BCUT2D eigenvalue weighted by atomic mass is 9.92. The fourth-order valence-electron chi connectivity index (χ4n) is 2.69. The van der Waals surface area contributed by atoms with Gasteiger partial charge in [0.25, 0.3) is 0 Å². The molecule has 1 rings (SSSR count). The largest absolute Gasteiger partial charge is 0.490 e. The van der Waals surface area contributed by atoms with Crippen LogP contribution >= 0.6 is 0 Å². The SMILES string of the molecule is CCNC(=O)C(C)(C)CN=C(NCC)NC(C)c1ccc(OCC)c(OCC)c1. The van der Waals surface area contributed by atoms with Crippen molar-refractivity contribution in [2.45, 2.75) is 54.5 Å². The van der Waals surface area contributed by atoms with E-state index in [1.54, 1.807) is 0 Å². The van der Waals surface area contributed by atoms with Gasteiger partial charge in [0.05, 0.1) is 31.2 Å². The van der Waals surface area contributed by atoms with Crippen molar-refractivity contribution in [3.8, 4) is 11.5 Å². The predicted octanol–water partition coefficient (Wildman–Crippen LogP) is 3.26. The van der Waals surface area contributed by atoms with E-state index < -0.39 is 5.41 Å². The molecule has 0 bridgehead atoms. The van der Waals surface area contributed by atoms with E-state index in [1.807, 2.05) is 59.7 Å². The number of carbonyl (C=O) groups excluding carboxylic acids is 1. The number of guanidine groups is 1. The van der Waals surface area contributed by atoms with Crippen LogP contribution in [0.2, 0.25) is 0 Å². The Morgan fingerprint density at radius 3 is 2.24 bits per heavy atom. The number of rotatable bonds is 11. The van der Waals surface area contributed by atoms with E-state index in [4.69, 9.17) is 9.47 Å². The number of ether oxygens (including phenoxy) is 2. The van der Waals surface area contributed by atoms with Gasteiger partial charge in [-0.15, -0.1) is 0 Å². The molecule has 0 saturated carbocycles. The molecule has 0 saturated heterocycles. The first-order chi connectivity index (χ1) is 13.8. The van der Waals surface area contributed by atoms with Crippen LogP contribution in [0.15, 0.2) is 23.2 Å². The second-order valence-electron chi connectivity index (χ2n) is 7.38. The number of amides is 1. The second kappa shape index (κ2) is 12.2. The Hall–Kier alpha value is -2.44. The molecule has 0 fully saturated rings. The van der Waals surface area contributed by atoms with Gasteiger partial charge in [-0.3, -0.25) is 9.79 Å². The summed E-state index contributed by atoms with van der Waals surface area (Å²) in [7, 11) is 0. The van der Waals surface area contributed by atoms with Crippen LogP contribution < -0.4 is 25.4 Å². The normalized spacial score (nSPS) is 12.9. The van der Waals surface area contributed by atoms with Crippen molar-refractivity contribution in [3.05, 3.63) is 23.8 Å².